The lowest BCUT2D eigenvalue weighted by Gasteiger charge is -2.17. The van der Waals surface area contributed by atoms with Gasteiger partial charge in [0.15, 0.2) is 5.96 Å². The second-order valence-electron chi connectivity index (χ2n) is 4.76. The van der Waals surface area contributed by atoms with Crippen LogP contribution in [0.5, 0.6) is 0 Å². The van der Waals surface area contributed by atoms with Gasteiger partial charge in [-0.3, -0.25) is 4.79 Å². The zero-order valence-corrected chi connectivity index (χ0v) is 12.7. The second-order valence-corrected chi connectivity index (χ2v) is 4.76. The van der Waals surface area contributed by atoms with Gasteiger partial charge in [0, 0.05) is 18.3 Å². The Balaban J connectivity index is 2.26. The number of hydrogen-bond acceptors (Lipinski definition) is 2. The molecule has 0 aromatic heterocycles. The Bertz CT molecular complexity index is 750. The van der Waals surface area contributed by atoms with Crippen molar-refractivity contribution in [1.82, 2.24) is 0 Å². The third-order valence-corrected chi connectivity index (χ3v) is 3.03. The Morgan fingerprint density at radius 2 is 1.70 bits per heavy atom. The predicted octanol–water partition coefficient (Wildman–Crippen LogP) is 1.18. The molecule has 118 valence electrons. The lowest BCUT2D eigenvalue weighted by molar-refractivity contribution is 0.0993. The van der Waals surface area contributed by atoms with Crippen LogP contribution in [0.15, 0.2) is 64.6 Å². The topological polar surface area (TPSA) is 123 Å². The Morgan fingerprint density at radius 3 is 2.35 bits per heavy atom. The maximum Gasteiger partial charge on any atom is 0.258 e. The highest BCUT2D eigenvalue weighted by Crippen LogP contribution is 2.18. The highest BCUT2D eigenvalue weighted by molar-refractivity contribution is 6.06. The van der Waals surface area contributed by atoms with Crippen molar-refractivity contribution in [2.24, 2.45) is 27.2 Å². The van der Waals surface area contributed by atoms with E-state index in [-0.39, 0.29) is 17.8 Å². The van der Waals surface area contributed by atoms with E-state index in [0.717, 1.165) is 5.69 Å². The number of para-hydroxylation sites is 1. The molecule has 0 spiro atoms. The standard InChI is InChI=1S/C16H18N6O/c1-22(13-8-3-2-4-9-13)14(23)11-6-5-7-12(10-11)20-16(19)21-15(17)18/h2-10H,1H3,(H6,17,18,19,20,21). The number of nitrogens with zero attached hydrogens (tertiary/aromatic N) is 3. The third kappa shape index (κ3) is 4.31. The normalized spacial score (nSPS) is 10.9. The number of hydrogen-bond donors (Lipinski definition) is 3. The molecule has 0 radical (unpaired) electrons. The summed E-state index contributed by atoms with van der Waals surface area (Å²) in [6.07, 6.45) is 0. The highest BCUT2D eigenvalue weighted by Gasteiger charge is 2.13. The van der Waals surface area contributed by atoms with Crippen LogP contribution in [0.3, 0.4) is 0 Å². The molecule has 2 aromatic rings. The van der Waals surface area contributed by atoms with Gasteiger partial charge in [-0.25, -0.2) is 4.99 Å². The van der Waals surface area contributed by atoms with E-state index in [1.54, 1.807) is 36.2 Å². The van der Waals surface area contributed by atoms with Crippen molar-refractivity contribution in [3.05, 3.63) is 60.2 Å². The van der Waals surface area contributed by atoms with Crippen LogP contribution in [-0.2, 0) is 0 Å². The number of amides is 1. The number of aliphatic imine (C=N–C) groups is 2. The lowest BCUT2D eigenvalue weighted by atomic mass is 10.1. The van der Waals surface area contributed by atoms with E-state index >= 15 is 0 Å². The molecule has 0 aliphatic heterocycles. The van der Waals surface area contributed by atoms with Gasteiger partial charge >= 0.3 is 0 Å². The molecule has 2 aromatic carbocycles. The molecule has 23 heavy (non-hydrogen) atoms. The minimum absolute atomic E-state index is 0.0778. The van der Waals surface area contributed by atoms with Gasteiger partial charge in [-0.05, 0) is 30.3 Å². The Hall–Kier alpha value is -3.35. The Kier molecular flexibility index (Phi) is 4.93. The first-order valence-corrected chi connectivity index (χ1v) is 6.84. The number of carbonyl (C=O) groups excluding carboxylic acids is 1. The summed E-state index contributed by atoms with van der Waals surface area (Å²) >= 11 is 0. The summed E-state index contributed by atoms with van der Waals surface area (Å²) in [6, 6.07) is 16.1. The van der Waals surface area contributed by atoms with Gasteiger partial charge in [0.05, 0.1) is 5.69 Å². The maximum atomic E-state index is 12.5. The summed E-state index contributed by atoms with van der Waals surface area (Å²) in [5.41, 5.74) is 17.8. The van der Waals surface area contributed by atoms with Crippen molar-refractivity contribution in [3.8, 4) is 0 Å². The van der Waals surface area contributed by atoms with E-state index < -0.39 is 0 Å². The molecular weight excluding hydrogens is 292 g/mol. The number of nitrogens with two attached hydrogens (primary N) is 3. The molecule has 7 nitrogen and oxygen atoms in total. The summed E-state index contributed by atoms with van der Waals surface area (Å²) in [7, 11) is 1.71. The molecule has 0 saturated heterocycles. The first-order valence-electron chi connectivity index (χ1n) is 6.84. The molecule has 0 unspecified atom stereocenters. The number of anilines is 1. The molecule has 1 amide bonds. The molecule has 0 aliphatic carbocycles. The summed E-state index contributed by atoms with van der Waals surface area (Å²) < 4.78 is 0. The summed E-state index contributed by atoms with van der Waals surface area (Å²) in [5, 5.41) is 0. The molecule has 0 saturated carbocycles. The van der Waals surface area contributed by atoms with Crippen molar-refractivity contribution < 1.29 is 4.79 Å². The van der Waals surface area contributed by atoms with Gasteiger partial charge in [0.2, 0.25) is 5.96 Å². The number of benzene rings is 2. The van der Waals surface area contributed by atoms with E-state index in [1.165, 1.54) is 0 Å². The largest absolute Gasteiger partial charge is 0.370 e. The molecule has 0 heterocycles. The van der Waals surface area contributed by atoms with E-state index in [2.05, 4.69) is 9.98 Å². The fourth-order valence-electron chi connectivity index (χ4n) is 1.96. The monoisotopic (exact) mass is 310 g/mol. The first-order chi connectivity index (χ1) is 11.0. The van der Waals surface area contributed by atoms with Crippen LogP contribution in [0, 0.1) is 0 Å². The van der Waals surface area contributed by atoms with Crippen molar-refractivity contribution in [3.63, 3.8) is 0 Å². The fourth-order valence-corrected chi connectivity index (χ4v) is 1.96. The van der Waals surface area contributed by atoms with Gasteiger partial charge in [-0.15, -0.1) is 0 Å². The van der Waals surface area contributed by atoms with E-state index in [0.29, 0.717) is 11.3 Å². The molecule has 0 bridgehead atoms. The molecule has 6 N–H and O–H groups in total. The average Bonchev–Trinajstić information content (AvgIpc) is 2.53. The van der Waals surface area contributed by atoms with Gasteiger partial charge in [0.1, 0.15) is 0 Å². The SMILES string of the molecule is CN(C(=O)c1cccc(N=C(N)N=C(N)N)c1)c1ccccc1. The molecule has 7 heteroatoms. The third-order valence-electron chi connectivity index (χ3n) is 3.03. The van der Waals surface area contributed by atoms with Gasteiger partial charge in [0.25, 0.3) is 5.91 Å². The molecule has 0 atom stereocenters. The van der Waals surface area contributed by atoms with Crippen LogP contribution in [0.25, 0.3) is 0 Å². The molecule has 0 fully saturated rings. The fraction of sp³-hybridized carbons (Fsp3) is 0.0625. The van der Waals surface area contributed by atoms with Crippen molar-refractivity contribution in [2.45, 2.75) is 0 Å². The van der Waals surface area contributed by atoms with Crippen LogP contribution in [0.1, 0.15) is 10.4 Å². The average molecular weight is 310 g/mol. The molecular formula is C16H18N6O. The number of guanidine groups is 2. The summed E-state index contributed by atoms with van der Waals surface area (Å²) in [6.45, 7) is 0. The van der Waals surface area contributed by atoms with Crippen LogP contribution < -0.4 is 22.1 Å². The molecule has 2 rings (SSSR count). The first kappa shape index (κ1) is 16.0. The summed E-state index contributed by atoms with van der Waals surface area (Å²) in [5.74, 6) is -0.415. The van der Waals surface area contributed by atoms with Gasteiger partial charge < -0.3 is 22.1 Å². The van der Waals surface area contributed by atoms with E-state index in [1.807, 2.05) is 30.3 Å². The van der Waals surface area contributed by atoms with E-state index in [4.69, 9.17) is 17.2 Å². The number of carbonyl (C=O) groups is 1. The van der Waals surface area contributed by atoms with Crippen molar-refractivity contribution in [2.75, 3.05) is 11.9 Å². The Morgan fingerprint density at radius 1 is 1.00 bits per heavy atom. The zero-order chi connectivity index (χ0) is 16.8. The predicted molar refractivity (Wildman–Crippen MR) is 92.7 cm³/mol. The van der Waals surface area contributed by atoms with Gasteiger partial charge in [-0.1, -0.05) is 24.3 Å². The molecule has 0 aliphatic rings. The van der Waals surface area contributed by atoms with Crippen LogP contribution in [0.4, 0.5) is 11.4 Å². The van der Waals surface area contributed by atoms with Crippen LogP contribution in [0.2, 0.25) is 0 Å². The van der Waals surface area contributed by atoms with Crippen LogP contribution >= 0.6 is 0 Å². The van der Waals surface area contributed by atoms with E-state index in [9.17, 15) is 4.79 Å². The minimum Gasteiger partial charge on any atom is -0.370 e. The van der Waals surface area contributed by atoms with Gasteiger partial charge in [-0.2, -0.15) is 4.99 Å². The second kappa shape index (κ2) is 7.08. The minimum atomic E-state index is -0.178. The smallest absolute Gasteiger partial charge is 0.258 e. The summed E-state index contributed by atoms with van der Waals surface area (Å²) in [4.78, 5) is 21.8. The highest BCUT2D eigenvalue weighted by atomic mass is 16.2. The van der Waals surface area contributed by atoms with Crippen molar-refractivity contribution >= 4 is 29.2 Å². The van der Waals surface area contributed by atoms with Crippen molar-refractivity contribution in [1.29, 1.82) is 0 Å². The maximum absolute atomic E-state index is 12.5. The lowest BCUT2D eigenvalue weighted by Crippen LogP contribution is -2.26. The number of rotatable bonds is 3. The van der Waals surface area contributed by atoms with Crippen LogP contribution in [-0.4, -0.2) is 24.9 Å². The quantitative estimate of drug-likeness (QED) is 0.581. The Labute approximate surface area is 134 Å². The zero-order valence-electron chi connectivity index (χ0n) is 12.7.